The van der Waals surface area contributed by atoms with E-state index in [1.54, 1.807) is 0 Å². The number of aliphatic carboxylic acids is 1. The number of carboxylic acid groups (broad SMARTS) is 1. The highest BCUT2D eigenvalue weighted by molar-refractivity contribution is 8.23. The maximum Gasteiger partial charge on any atom is 0.416 e. The van der Waals surface area contributed by atoms with Gasteiger partial charge in [0.2, 0.25) is 0 Å². The van der Waals surface area contributed by atoms with Crippen LogP contribution in [0.1, 0.15) is 11.1 Å². The van der Waals surface area contributed by atoms with E-state index in [1.807, 2.05) is 0 Å². The summed E-state index contributed by atoms with van der Waals surface area (Å²) in [6.07, 6.45) is -4.23. The van der Waals surface area contributed by atoms with Crippen LogP contribution in [0, 0.1) is 0 Å². The molecule has 0 aliphatic carbocycles. The first-order valence-electron chi connectivity index (χ1n) is 4.82. The smallest absolute Gasteiger partial charge is 0.416 e. The van der Waals surface area contributed by atoms with Crippen molar-refractivity contribution in [2.24, 2.45) is 0 Å². The van der Waals surface area contributed by atoms with E-state index >= 15 is 0 Å². The van der Waals surface area contributed by atoms with Gasteiger partial charge in [0, 0.05) is 6.42 Å². The van der Waals surface area contributed by atoms with Crippen molar-refractivity contribution in [1.82, 2.24) is 0 Å². The number of carbonyl (C=O) groups is 1. The van der Waals surface area contributed by atoms with Gasteiger partial charge in [-0.2, -0.15) is 13.2 Å². The standard InChI is InChI=1S/C11H9F3O2S2/c12-11(13,14)8-3-1-2-7(4-8)5-10(17)18-6-9(15)16/h1-4H,5-6H2,(H,15,16). The van der Waals surface area contributed by atoms with Gasteiger partial charge < -0.3 is 5.11 Å². The molecule has 1 aromatic carbocycles. The lowest BCUT2D eigenvalue weighted by atomic mass is 10.1. The minimum Gasteiger partial charge on any atom is -0.481 e. The quantitative estimate of drug-likeness (QED) is 0.864. The third-order valence-corrected chi connectivity index (χ3v) is 3.31. The van der Waals surface area contributed by atoms with Gasteiger partial charge in [-0.3, -0.25) is 4.79 Å². The van der Waals surface area contributed by atoms with Crippen LogP contribution >= 0.6 is 24.0 Å². The number of benzene rings is 1. The Labute approximate surface area is 111 Å². The Morgan fingerprint density at radius 1 is 1.39 bits per heavy atom. The summed E-state index contributed by atoms with van der Waals surface area (Å²) in [7, 11) is 0. The van der Waals surface area contributed by atoms with Crippen molar-refractivity contribution in [3.8, 4) is 0 Å². The largest absolute Gasteiger partial charge is 0.481 e. The van der Waals surface area contributed by atoms with Gasteiger partial charge >= 0.3 is 12.1 Å². The second-order valence-corrected chi connectivity index (χ2v) is 5.25. The number of carboxylic acids is 1. The van der Waals surface area contributed by atoms with Gasteiger partial charge in [0.25, 0.3) is 0 Å². The highest BCUT2D eigenvalue weighted by atomic mass is 32.2. The van der Waals surface area contributed by atoms with Crippen LogP contribution in [0.25, 0.3) is 0 Å². The molecule has 0 saturated heterocycles. The van der Waals surface area contributed by atoms with Gasteiger partial charge in [0.05, 0.1) is 15.5 Å². The molecule has 0 saturated carbocycles. The van der Waals surface area contributed by atoms with E-state index in [4.69, 9.17) is 17.3 Å². The zero-order valence-corrected chi connectivity index (χ0v) is 10.7. The zero-order valence-electron chi connectivity index (χ0n) is 9.03. The molecule has 1 aromatic rings. The van der Waals surface area contributed by atoms with Crippen molar-refractivity contribution < 1.29 is 23.1 Å². The molecule has 0 bridgehead atoms. The average Bonchev–Trinajstić information content (AvgIpc) is 2.25. The first kappa shape index (κ1) is 15.0. The highest BCUT2D eigenvalue weighted by Gasteiger charge is 2.30. The summed E-state index contributed by atoms with van der Waals surface area (Å²) in [5, 5.41) is 8.45. The summed E-state index contributed by atoms with van der Waals surface area (Å²) in [4.78, 5) is 10.3. The number of halogens is 3. The van der Waals surface area contributed by atoms with Gasteiger partial charge in [0.1, 0.15) is 0 Å². The fraction of sp³-hybridized carbons (Fsp3) is 0.273. The molecule has 0 unspecified atom stereocenters. The minimum atomic E-state index is -4.38. The van der Waals surface area contributed by atoms with E-state index in [9.17, 15) is 18.0 Å². The Bertz CT molecular complexity index is 458. The topological polar surface area (TPSA) is 37.3 Å². The molecular weight excluding hydrogens is 285 g/mol. The SMILES string of the molecule is O=C(O)CSC(=S)Cc1cccc(C(F)(F)F)c1. The molecule has 0 heterocycles. The van der Waals surface area contributed by atoms with E-state index in [-0.39, 0.29) is 12.2 Å². The van der Waals surface area contributed by atoms with E-state index < -0.39 is 17.7 Å². The molecule has 0 radical (unpaired) electrons. The van der Waals surface area contributed by atoms with Crippen molar-refractivity contribution in [3.63, 3.8) is 0 Å². The summed E-state index contributed by atoms with van der Waals surface area (Å²) in [6.45, 7) is 0. The molecule has 0 atom stereocenters. The molecule has 0 aliphatic rings. The van der Waals surface area contributed by atoms with E-state index in [2.05, 4.69) is 0 Å². The fourth-order valence-electron chi connectivity index (χ4n) is 1.22. The van der Waals surface area contributed by atoms with Crippen LogP contribution in [0.2, 0.25) is 0 Å². The second kappa shape index (κ2) is 6.19. The van der Waals surface area contributed by atoms with Crippen LogP contribution in [-0.4, -0.2) is 21.0 Å². The van der Waals surface area contributed by atoms with Crippen molar-refractivity contribution in [1.29, 1.82) is 0 Å². The Hall–Kier alpha value is -1.08. The number of thioether (sulfide) groups is 1. The molecule has 0 aliphatic heterocycles. The number of thiocarbonyl (C=S) groups is 1. The Balaban J connectivity index is 2.68. The van der Waals surface area contributed by atoms with Crippen LogP contribution in [-0.2, 0) is 17.4 Å². The second-order valence-electron chi connectivity index (χ2n) is 3.43. The lowest BCUT2D eigenvalue weighted by molar-refractivity contribution is -0.137. The normalized spacial score (nSPS) is 11.3. The van der Waals surface area contributed by atoms with Gasteiger partial charge in [-0.25, -0.2) is 0 Å². The Kier molecular flexibility index (Phi) is 5.15. The number of alkyl halides is 3. The monoisotopic (exact) mass is 294 g/mol. The van der Waals surface area contributed by atoms with E-state index in [0.717, 1.165) is 23.9 Å². The van der Waals surface area contributed by atoms with Crippen molar-refractivity contribution >= 4 is 34.1 Å². The van der Waals surface area contributed by atoms with Crippen LogP contribution in [0.4, 0.5) is 13.2 Å². The number of hydrogen-bond acceptors (Lipinski definition) is 3. The van der Waals surface area contributed by atoms with Crippen LogP contribution in [0.15, 0.2) is 24.3 Å². The maximum atomic E-state index is 12.4. The van der Waals surface area contributed by atoms with Crippen molar-refractivity contribution in [3.05, 3.63) is 35.4 Å². The first-order chi connectivity index (χ1) is 8.29. The van der Waals surface area contributed by atoms with Crippen molar-refractivity contribution in [2.45, 2.75) is 12.6 Å². The summed E-state index contributed by atoms with van der Waals surface area (Å²) in [5.41, 5.74) is -0.307. The van der Waals surface area contributed by atoms with Crippen LogP contribution in [0.3, 0.4) is 0 Å². The van der Waals surface area contributed by atoms with Crippen LogP contribution < -0.4 is 0 Å². The molecule has 18 heavy (non-hydrogen) atoms. The van der Waals surface area contributed by atoms with Gasteiger partial charge in [-0.1, -0.05) is 30.4 Å². The van der Waals surface area contributed by atoms with E-state index in [1.165, 1.54) is 12.1 Å². The predicted octanol–water partition coefficient (Wildman–Crippen LogP) is 3.39. The maximum absolute atomic E-state index is 12.4. The fourth-order valence-corrected chi connectivity index (χ4v) is 2.11. The molecule has 98 valence electrons. The van der Waals surface area contributed by atoms with E-state index in [0.29, 0.717) is 9.76 Å². The van der Waals surface area contributed by atoms with Crippen molar-refractivity contribution in [2.75, 3.05) is 5.75 Å². The summed E-state index contributed by atoms with van der Waals surface area (Å²) in [5.74, 6) is -1.19. The van der Waals surface area contributed by atoms with Crippen LogP contribution in [0.5, 0.6) is 0 Å². The lowest BCUT2D eigenvalue weighted by Crippen LogP contribution is -2.07. The highest BCUT2D eigenvalue weighted by Crippen LogP contribution is 2.29. The first-order valence-corrected chi connectivity index (χ1v) is 6.22. The minimum absolute atomic E-state index is 0.150. The molecule has 1 rings (SSSR count). The summed E-state index contributed by atoms with van der Waals surface area (Å²) >= 11 is 5.85. The number of hydrogen-bond donors (Lipinski definition) is 1. The summed E-state index contributed by atoms with van der Waals surface area (Å²) in [6, 6.07) is 4.84. The molecule has 0 fully saturated rings. The summed E-state index contributed by atoms with van der Waals surface area (Å²) < 4.78 is 37.7. The molecule has 2 nitrogen and oxygen atoms in total. The zero-order chi connectivity index (χ0) is 13.8. The lowest BCUT2D eigenvalue weighted by Gasteiger charge is -2.08. The average molecular weight is 294 g/mol. The predicted molar refractivity (Wildman–Crippen MR) is 67.8 cm³/mol. The molecule has 0 spiro atoms. The molecular formula is C11H9F3O2S2. The molecule has 1 N–H and O–H groups in total. The third-order valence-electron chi connectivity index (χ3n) is 1.96. The number of rotatable bonds is 4. The Morgan fingerprint density at radius 3 is 2.61 bits per heavy atom. The molecule has 0 aromatic heterocycles. The van der Waals surface area contributed by atoms with Gasteiger partial charge in [-0.15, -0.1) is 11.8 Å². The Morgan fingerprint density at radius 2 is 2.06 bits per heavy atom. The van der Waals surface area contributed by atoms with Gasteiger partial charge in [-0.05, 0) is 11.6 Å². The molecule has 7 heteroatoms. The third kappa shape index (κ3) is 5.05. The molecule has 0 amide bonds. The van der Waals surface area contributed by atoms with Gasteiger partial charge in [0.15, 0.2) is 0 Å².